The van der Waals surface area contributed by atoms with Crippen molar-refractivity contribution < 1.29 is 14.3 Å². The van der Waals surface area contributed by atoms with Crippen LogP contribution in [0.4, 0.5) is 4.79 Å². The molecule has 3 amide bonds. The minimum atomic E-state index is -0.345. The molecule has 0 bridgehead atoms. The zero-order valence-corrected chi connectivity index (χ0v) is 13.9. The lowest BCUT2D eigenvalue weighted by molar-refractivity contribution is -0.124. The van der Waals surface area contributed by atoms with E-state index in [1.807, 2.05) is 31.2 Å². The summed E-state index contributed by atoms with van der Waals surface area (Å²) in [6.45, 7) is 3.13. The average molecular weight is 347 g/mol. The zero-order chi connectivity index (χ0) is 16.9. The summed E-state index contributed by atoms with van der Waals surface area (Å²) in [5.41, 5.74) is 1.04. The van der Waals surface area contributed by atoms with Crippen molar-refractivity contribution in [3.63, 3.8) is 0 Å². The molecule has 0 spiro atoms. The number of H-pyrrole nitrogens is 1. The number of aryl methyl sites for hydroxylation is 1. The van der Waals surface area contributed by atoms with Gasteiger partial charge in [-0.25, -0.2) is 9.78 Å². The van der Waals surface area contributed by atoms with Gasteiger partial charge in [0.2, 0.25) is 11.1 Å². The van der Waals surface area contributed by atoms with Gasteiger partial charge in [0.1, 0.15) is 12.4 Å². The summed E-state index contributed by atoms with van der Waals surface area (Å²) in [5, 5.41) is 9.87. The van der Waals surface area contributed by atoms with Gasteiger partial charge in [-0.1, -0.05) is 30.0 Å². The summed E-state index contributed by atoms with van der Waals surface area (Å²) < 4.78 is 5.69. The number of aromatic amines is 1. The molecule has 126 valence electrons. The number of amides is 3. The maximum absolute atomic E-state index is 11.9. The number of carbonyl (C=O) groups is 2. The molecule has 0 aliphatic carbocycles. The predicted molar refractivity (Wildman–Crippen MR) is 87.7 cm³/mol. The Balaban J connectivity index is 1.49. The summed E-state index contributed by atoms with van der Waals surface area (Å²) in [7, 11) is 0. The number of nitrogens with zero attached hydrogens (tertiary/aromatic N) is 3. The number of hydrogen-bond donors (Lipinski definition) is 2. The van der Waals surface area contributed by atoms with Crippen LogP contribution < -0.4 is 10.1 Å². The Morgan fingerprint density at radius 1 is 1.42 bits per heavy atom. The molecule has 2 N–H and O–H groups in total. The van der Waals surface area contributed by atoms with E-state index >= 15 is 0 Å². The molecule has 0 radical (unpaired) electrons. The molecule has 0 atom stereocenters. The number of aromatic nitrogens is 3. The summed E-state index contributed by atoms with van der Waals surface area (Å²) in [4.78, 5) is 28.8. The van der Waals surface area contributed by atoms with Gasteiger partial charge in [-0.3, -0.25) is 14.8 Å². The molecular formula is C15H17N5O3S. The van der Waals surface area contributed by atoms with Crippen molar-refractivity contribution in [2.24, 2.45) is 0 Å². The molecule has 1 aromatic heterocycles. The number of hydrogen-bond acceptors (Lipinski definition) is 6. The predicted octanol–water partition coefficient (Wildman–Crippen LogP) is 1.34. The van der Waals surface area contributed by atoms with Crippen LogP contribution in [0, 0.1) is 6.92 Å². The van der Waals surface area contributed by atoms with Crippen molar-refractivity contribution in [3.8, 4) is 5.75 Å². The molecule has 1 aliphatic rings. The fourth-order valence-electron chi connectivity index (χ4n) is 2.19. The Morgan fingerprint density at radius 2 is 2.25 bits per heavy atom. The minimum absolute atomic E-state index is 0.114. The molecule has 1 saturated heterocycles. The number of rotatable bonds is 6. The number of urea groups is 1. The second-order valence-corrected chi connectivity index (χ2v) is 6.13. The third-order valence-corrected chi connectivity index (χ3v) is 4.28. The molecule has 24 heavy (non-hydrogen) atoms. The Kier molecular flexibility index (Phi) is 4.99. The van der Waals surface area contributed by atoms with Gasteiger partial charge in [-0.2, -0.15) is 0 Å². The van der Waals surface area contributed by atoms with E-state index in [4.69, 9.17) is 4.74 Å². The molecule has 1 fully saturated rings. The summed E-state index contributed by atoms with van der Waals surface area (Å²) in [6, 6.07) is 7.37. The van der Waals surface area contributed by atoms with E-state index in [1.165, 1.54) is 16.7 Å². The fraction of sp³-hybridized carbons (Fsp3) is 0.333. The van der Waals surface area contributed by atoms with Gasteiger partial charge in [-0.15, -0.1) is 5.10 Å². The molecule has 2 aromatic rings. The number of benzene rings is 1. The Hall–Kier alpha value is -2.55. The lowest BCUT2D eigenvalue weighted by Crippen LogP contribution is -2.35. The van der Waals surface area contributed by atoms with Gasteiger partial charge in [-0.05, 0) is 18.6 Å². The number of carbonyl (C=O) groups excluding carboxylic acids is 2. The quantitative estimate of drug-likeness (QED) is 0.765. The number of imide groups is 1. The largest absolute Gasteiger partial charge is 0.485 e. The van der Waals surface area contributed by atoms with Crippen molar-refractivity contribution in [1.82, 2.24) is 25.4 Å². The Labute approximate surface area is 143 Å². The van der Waals surface area contributed by atoms with Gasteiger partial charge in [0.05, 0.1) is 5.75 Å². The smallest absolute Gasteiger partial charge is 0.324 e. The maximum Gasteiger partial charge on any atom is 0.324 e. The van der Waals surface area contributed by atoms with Crippen molar-refractivity contribution in [2.75, 3.05) is 18.8 Å². The van der Waals surface area contributed by atoms with Crippen LogP contribution in [0.2, 0.25) is 0 Å². The van der Waals surface area contributed by atoms with Crippen LogP contribution >= 0.6 is 11.8 Å². The van der Waals surface area contributed by atoms with E-state index < -0.39 is 0 Å². The van der Waals surface area contributed by atoms with Gasteiger partial charge in [0.25, 0.3) is 0 Å². The third kappa shape index (κ3) is 3.85. The Morgan fingerprint density at radius 3 is 3.00 bits per heavy atom. The monoisotopic (exact) mass is 347 g/mol. The van der Waals surface area contributed by atoms with E-state index in [2.05, 4.69) is 20.5 Å². The topological polar surface area (TPSA) is 100 Å². The number of nitrogens with one attached hydrogen (secondary N) is 2. The lowest BCUT2D eigenvalue weighted by Gasteiger charge is -2.10. The first-order valence-corrected chi connectivity index (χ1v) is 8.43. The normalized spacial score (nSPS) is 13.9. The second kappa shape index (κ2) is 7.35. The fourth-order valence-corrected chi connectivity index (χ4v) is 2.88. The highest BCUT2D eigenvalue weighted by Crippen LogP contribution is 2.18. The summed E-state index contributed by atoms with van der Waals surface area (Å²) in [5.74, 6) is 1.23. The highest BCUT2D eigenvalue weighted by molar-refractivity contribution is 7.99. The van der Waals surface area contributed by atoms with Gasteiger partial charge in [0, 0.05) is 13.1 Å². The molecule has 3 rings (SSSR count). The van der Waals surface area contributed by atoms with Crippen LogP contribution in [0.1, 0.15) is 11.4 Å². The Bertz CT molecular complexity index is 748. The first-order chi connectivity index (χ1) is 11.6. The molecule has 9 heteroatoms. The SMILES string of the molecule is Cc1ccccc1OCc1nc(SCC(=O)N2CCNC2=O)n[nH]1. The van der Waals surface area contributed by atoms with Gasteiger partial charge >= 0.3 is 6.03 Å². The van der Waals surface area contributed by atoms with Crippen LogP contribution in [-0.2, 0) is 11.4 Å². The van der Waals surface area contributed by atoms with Crippen molar-refractivity contribution >= 4 is 23.7 Å². The molecule has 8 nitrogen and oxygen atoms in total. The van der Waals surface area contributed by atoms with Crippen molar-refractivity contribution in [3.05, 3.63) is 35.7 Å². The minimum Gasteiger partial charge on any atom is -0.485 e. The summed E-state index contributed by atoms with van der Waals surface area (Å²) in [6.07, 6.45) is 0. The second-order valence-electron chi connectivity index (χ2n) is 5.18. The number of para-hydroxylation sites is 1. The van der Waals surface area contributed by atoms with Crippen LogP contribution in [-0.4, -0.2) is 50.9 Å². The number of ether oxygens (including phenoxy) is 1. The van der Waals surface area contributed by atoms with Crippen LogP contribution in [0.25, 0.3) is 0 Å². The molecule has 0 saturated carbocycles. The van der Waals surface area contributed by atoms with E-state index in [-0.39, 0.29) is 24.3 Å². The van der Waals surface area contributed by atoms with E-state index in [9.17, 15) is 9.59 Å². The highest BCUT2D eigenvalue weighted by Gasteiger charge is 2.26. The standard InChI is InChI=1S/C15H17N5O3S/c1-10-4-2-3-5-11(10)23-8-12-17-14(19-18-12)24-9-13(21)20-7-6-16-15(20)22/h2-5H,6-9H2,1H3,(H,16,22)(H,17,18,19). The highest BCUT2D eigenvalue weighted by atomic mass is 32.2. The zero-order valence-electron chi connectivity index (χ0n) is 13.1. The molecule has 2 heterocycles. The maximum atomic E-state index is 11.9. The third-order valence-electron chi connectivity index (χ3n) is 3.45. The first kappa shape index (κ1) is 16.3. The number of thioether (sulfide) groups is 1. The van der Waals surface area contributed by atoms with E-state index in [1.54, 1.807) is 0 Å². The van der Waals surface area contributed by atoms with Crippen molar-refractivity contribution in [2.45, 2.75) is 18.7 Å². The van der Waals surface area contributed by atoms with E-state index in [0.717, 1.165) is 11.3 Å². The van der Waals surface area contributed by atoms with Crippen molar-refractivity contribution in [1.29, 1.82) is 0 Å². The van der Waals surface area contributed by atoms with Crippen LogP contribution in [0.5, 0.6) is 5.75 Å². The molecule has 1 aromatic carbocycles. The van der Waals surface area contributed by atoms with Crippen LogP contribution in [0.3, 0.4) is 0 Å². The first-order valence-electron chi connectivity index (χ1n) is 7.44. The average Bonchev–Trinajstić information content (AvgIpc) is 3.21. The summed E-state index contributed by atoms with van der Waals surface area (Å²) >= 11 is 1.18. The molecule has 0 unspecified atom stereocenters. The lowest BCUT2D eigenvalue weighted by atomic mass is 10.2. The van der Waals surface area contributed by atoms with Crippen LogP contribution in [0.15, 0.2) is 29.4 Å². The van der Waals surface area contributed by atoms with Gasteiger partial charge in [0.15, 0.2) is 5.82 Å². The van der Waals surface area contributed by atoms with Gasteiger partial charge < -0.3 is 10.1 Å². The van der Waals surface area contributed by atoms with E-state index in [0.29, 0.717) is 24.1 Å². The molecular weight excluding hydrogens is 330 g/mol. The molecule has 1 aliphatic heterocycles.